The summed E-state index contributed by atoms with van der Waals surface area (Å²) in [6.07, 6.45) is 4.38. The van der Waals surface area contributed by atoms with Crippen LogP contribution in [0.15, 0.2) is 12.3 Å². The van der Waals surface area contributed by atoms with Gasteiger partial charge in [-0.15, -0.1) is 0 Å². The maximum atomic E-state index is 9.78. The number of aromatic nitrogens is 2. The van der Waals surface area contributed by atoms with Crippen molar-refractivity contribution in [1.82, 2.24) is 9.78 Å². The minimum absolute atomic E-state index is 0.185. The summed E-state index contributed by atoms with van der Waals surface area (Å²) in [6, 6.07) is 2.00. The van der Waals surface area contributed by atoms with Crippen LogP contribution >= 0.6 is 0 Å². The lowest BCUT2D eigenvalue weighted by Crippen LogP contribution is -2.18. The predicted molar refractivity (Wildman–Crippen MR) is 57.0 cm³/mol. The summed E-state index contributed by atoms with van der Waals surface area (Å²) in [7, 11) is 1.94. The van der Waals surface area contributed by atoms with Gasteiger partial charge in [-0.2, -0.15) is 5.10 Å². The van der Waals surface area contributed by atoms with Crippen LogP contribution < -0.4 is 0 Å². The molecule has 2 unspecified atom stereocenters. The van der Waals surface area contributed by atoms with Gasteiger partial charge in [-0.05, 0) is 24.8 Å². The van der Waals surface area contributed by atoms with Crippen LogP contribution in [0.3, 0.4) is 0 Å². The minimum atomic E-state index is -0.185. The highest BCUT2D eigenvalue weighted by Crippen LogP contribution is 2.13. The van der Waals surface area contributed by atoms with Gasteiger partial charge in [0.25, 0.3) is 0 Å². The number of nitrogens with zero attached hydrogens (tertiary/aromatic N) is 2. The fourth-order valence-electron chi connectivity index (χ4n) is 1.50. The smallest absolute Gasteiger partial charge is 0.0569 e. The van der Waals surface area contributed by atoms with Gasteiger partial charge in [0, 0.05) is 18.9 Å². The molecule has 3 heteroatoms. The maximum Gasteiger partial charge on any atom is 0.0569 e. The van der Waals surface area contributed by atoms with E-state index >= 15 is 0 Å². The second kappa shape index (κ2) is 5.15. The van der Waals surface area contributed by atoms with Gasteiger partial charge in [-0.1, -0.05) is 20.3 Å². The molecule has 0 spiro atoms. The van der Waals surface area contributed by atoms with Crippen LogP contribution in [0, 0.1) is 5.92 Å². The topological polar surface area (TPSA) is 38.1 Å². The molecule has 3 nitrogen and oxygen atoms in total. The Morgan fingerprint density at radius 2 is 2.29 bits per heavy atom. The zero-order chi connectivity index (χ0) is 10.6. The van der Waals surface area contributed by atoms with Crippen molar-refractivity contribution in [2.45, 2.75) is 39.2 Å². The molecule has 0 fully saturated rings. The Bertz CT molecular complexity index is 270. The first-order chi connectivity index (χ1) is 6.65. The summed E-state index contributed by atoms with van der Waals surface area (Å²) < 4.78 is 1.86. The van der Waals surface area contributed by atoms with Crippen molar-refractivity contribution in [3.63, 3.8) is 0 Å². The summed E-state index contributed by atoms with van der Waals surface area (Å²) in [5.41, 5.74) is 1.19. The second-order valence-electron chi connectivity index (χ2n) is 3.94. The van der Waals surface area contributed by atoms with E-state index < -0.39 is 0 Å². The quantitative estimate of drug-likeness (QED) is 0.779. The van der Waals surface area contributed by atoms with E-state index in [9.17, 15) is 5.11 Å². The van der Waals surface area contributed by atoms with Crippen molar-refractivity contribution in [2.24, 2.45) is 13.0 Å². The number of hydrogen-bond donors (Lipinski definition) is 1. The van der Waals surface area contributed by atoms with Gasteiger partial charge >= 0.3 is 0 Å². The van der Waals surface area contributed by atoms with Crippen molar-refractivity contribution in [1.29, 1.82) is 0 Å². The molecule has 0 aliphatic heterocycles. The van der Waals surface area contributed by atoms with Gasteiger partial charge in [0.1, 0.15) is 0 Å². The Morgan fingerprint density at radius 1 is 1.57 bits per heavy atom. The standard InChI is InChI=1S/C11H20N2O/c1-4-9(2)11(14)6-5-10-7-8-12-13(10)3/h7-9,11,14H,4-6H2,1-3H3. The molecule has 0 aromatic carbocycles. The van der Waals surface area contributed by atoms with Crippen LogP contribution in [0.2, 0.25) is 0 Å². The van der Waals surface area contributed by atoms with Crippen LogP contribution in [-0.4, -0.2) is 21.0 Å². The normalized spacial score (nSPS) is 15.4. The van der Waals surface area contributed by atoms with Crippen molar-refractivity contribution in [3.05, 3.63) is 18.0 Å². The third-order valence-corrected chi connectivity index (χ3v) is 2.92. The van der Waals surface area contributed by atoms with Crippen LogP contribution in [0.4, 0.5) is 0 Å². The molecule has 0 aliphatic carbocycles. The molecule has 1 aromatic rings. The molecule has 0 aliphatic rings. The Balaban J connectivity index is 2.37. The molecule has 1 N–H and O–H groups in total. The highest BCUT2D eigenvalue weighted by Gasteiger charge is 2.12. The van der Waals surface area contributed by atoms with Gasteiger partial charge in [0.15, 0.2) is 0 Å². The van der Waals surface area contributed by atoms with Crippen LogP contribution in [0.5, 0.6) is 0 Å². The SMILES string of the molecule is CCC(C)C(O)CCc1ccnn1C. The molecule has 0 saturated heterocycles. The maximum absolute atomic E-state index is 9.78. The lowest BCUT2D eigenvalue weighted by molar-refractivity contribution is 0.105. The fraction of sp³-hybridized carbons (Fsp3) is 0.727. The summed E-state index contributed by atoms with van der Waals surface area (Å²) in [6.45, 7) is 4.20. The molecule has 1 aromatic heterocycles. The van der Waals surface area contributed by atoms with E-state index in [2.05, 4.69) is 18.9 Å². The van der Waals surface area contributed by atoms with E-state index in [0.29, 0.717) is 5.92 Å². The molecule has 1 rings (SSSR count). The van der Waals surface area contributed by atoms with Gasteiger partial charge in [-0.25, -0.2) is 0 Å². The monoisotopic (exact) mass is 196 g/mol. The van der Waals surface area contributed by atoms with Crippen molar-refractivity contribution < 1.29 is 5.11 Å². The van der Waals surface area contributed by atoms with Crippen molar-refractivity contribution in [3.8, 4) is 0 Å². The molecule has 0 amide bonds. The largest absolute Gasteiger partial charge is 0.393 e. The van der Waals surface area contributed by atoms with Crippen molar-refractivity contribution >= 4 is 0 Å². The van der Waals surface area contributed by atoms with Gasteiger partial charge in [0.2, 0.25) is 0 Å². The van der Waals surface area contributed by atoms with Gasteiger partial charge in [0.05, 0.1) is 6.10 Å². The minimum Gasteiger partial charge on any atom is -0.393 e. The molecule has 2 atom stereocenters. The number of rotatable bonds is 5. The first-order valence-corrected chi connectivity index (χ1v) is 5.30. The first kappa shape index (κ1) is 11.2. The molecule has 1 heterocycles. The predicted octanol–water partition coefficient (Wildman–Crippen LogP) is 1.76. The molecule has 0 saturated carbocycles. The lowest BCUT2D eigenvalue weighted by Gasteiger charge is -2.16. The number of aryl methyl sites for hydroxylation is 2. The zero-order valence-corrected chi connectivity index (χ0v) is 9.27. The zero-order valence-electron chi connectivity index (χ0n) is 9.27. The van der Waals surface area contributed by atoms with Crippen molar-refractivity contribution in [2.75, 3.05) is 0 Å². The summed E-state index contributed by atoms with van der Waals surface area (Å²) in [4.78, 5) is 0. The fourth-order valence-corrected chi connectivity index (χ4v) is 1.50. The summed E-state index contributed by atoms with van der Waals surface area (Å²) in [5.74, 6) is 0.392. The Kier molecular flexibility index (Phi) is 4.14. The van der Waals surface area contributed by atoms with E-state index in [0.717, 1.165) is 19.3 Å². The van der Waals surface area contributed by atoms with E-state index in [1.165, 1.54) is 5.69 Å². The average molecular weight is 196 g/mol. The van der Waals surface area contributed by atoms with Crippen LogP contribution in [-0.2, 0) is 13.5 Å². The lowest BCUT2D eigenvalue weighted by atomic mass is 9.97. The van der Waals surface area contributed by atoms with Gasteiger partial charge < -0.3 is 5.11 Å². The van der Waals surface area contributed by atoms with Gasteiger partial charge in [-0.3, -0.25) is 4.68 Å². The third-order valence-electron chi connectivity index (χ3n) is 2.92. The Morgan fingerprint density at radius 3 is 2.79 bits per heavy atom. The Hall–Kier alpha value is -0.830. The van der Waals surface area contributed by atoms with E-state index in [1.54, 1.807) is 6.20 Å². The molecular formula is C11H20N2O. The molecule has 0 radical (unpaired) electrons. The van der Waals surface area contributed by atoms with E-state index in [1.807, 2.05) is 17.8 Å². The molecule has 0 bridgehead atoms. The number of aliphatic hydroxyl groups is 1. The second-order valence-corrected chi connectivity index (χ2v) is 3.94. The Labute approximate surface area is 85.8 Å². The first-order valence-electron chi connectivity index (χ1n) is 5.30. The average Bonchev–Trinajstić information content (AvgIpc) is 2.59. The number of hydrogen-bond acceptors (Lipinski definition) is 2. The summed E-state index contributed by atoms with van der Waals surface area (Å²) >= 11 is 0. The summed E-state index contributed by atoms with van der Waals surface area (Å²) in [5, 5.41) is 13.9. The van der Waals surface area contributed by atoms with E-state index in [-0.39, 0.29) is 6.10 Å². The van der Waals surface area contributed by atoms with E-state index in [4.69, 9.17) is 0 Å². The van der Waals surface area contributed by atoms with Crippen LogP contribution in [0.25, 0.3) is 0 Å². The highest BCUT2D eigenvalue weighted by atomic mass is 16.3. The third kappa shape index (κ3) is 2.84. The molecule has 80 valence electrons. The molecular weight excluding hydrogens is 176 g/mol. The van der Waals surface area contributed by atoms with Crippen LogP contribution in [0.1, 0.15) is 32.4 Å². The molecule has 14 heavy (non-hydrogen) atoms. The number of aliphatic hydroxyl groups excluding tert-OH is 1. The highest BCUT2D eigenvalue weighted by molar-refractivity contribution is 5.00.